The molecule has 0 unspecified atom stereocenters. The molecule has 1 aromatic carbocycles. The molecule has 1 N–H and O–H groups in total. The smallest absolute Gasteiger partial charge is 0.165 e. The van der Waals surface area contributed by atoms with E-state index in [2.05, 4.69) is 25.2 Å². The van der Waals surface area contributed by atoms with Gasteiger partial charge >= 0.3 is 0 Å². The molecule has 1 aliphatic rings. The number of hydrogen-bond acceptors (Lipinski definition) is 3. The lowest BCUT2D eigenvalue weighted by Crippen LogP contribution is -2.22. The Morgan fingerprint density at radius 1 is 1.32 bits per heavy atom. The molecule has 0 saturated heterocycles. The van der Waals surface area contributed by atoms with Crippen molar-refractivity contribution in [3.63, 3.8) is 0 Å². The summed E-state index contributed by atoms with van der Waals surface area (Å²) in [7, 11) is 1.70. The first-order valence-electron chi connectivity index (χ1n) is 7.22. The Balaban J connectivity index is 2.01. The summed E-state index contributed by atoms with van der Waals surface area (Å²) < 4.78 is 11.4. The van der Waals surface area contributed by atoms with Crippen LogP contribution in [0.2, 0.25) is 0 Å². The number of para-hydroxylation sites is 1. The molecule has 0 atom stereocenters. The van der Waals surface area contributed by atoms with E-state index in [-0.39, 0.29) is 0 Å². The van der Waals surface area contributed by atoms with E-state index in [1.807, 2.05) is 12.1 Å². The molecule has 0 radical (unpaired) electrons. The first-order chi connectivity index (χ1) is 9.20. The number of hydrogen-bond donors (Lipinski definition) is 1. The van der Waals surface area contributed by atoms with Crippen molar-refractivity contribution < 1.29 is 9.47 Å². The number of benzene rings is 1. The van der Waals surface area contributed by atoms with Gasteiger partial charge < -0.3 is 14.8 Å². The SMILES string of the molecule is COc1cccc(CNC(C)C)c1OCCC1CC1. The van der Waals surface area contributed by atoms with Gasteiger partial charge in [0.05, 0.1) is 13.7 Å². The van der Waals surface area contributed by atoms with Gasteiger partial charge in [0.15, 0.2) is 11.5 Å². The average molecular weight is 263 g/mol. The van der Waals surface area contributed by atoms with Gasteiger partial charge in [-0.1, -0.05) is 38.8 Å². The van der Waals surface area contributed by atoms with Crippen LogP contribution in [0.4, 0.5) is 0 Å². The van der Waals surface area contributed by atoms with Crippen LogP contribution in [0.15, 0.2) is 18.2 Å². The van der Waals surface area contributed by atoms with Gasteiger partial charge in [0, 0.05) is 18.2 Å². The molecule has 0 amide bonds. The van der Waals surface area contributed by atoms with Crippen LogP contribution in [-0.4, -0.2) is 19.8 Å². The third-order valence-corrected chi connectivity index (χ3v) is 3.45. The predicted molar refractivity (Wildman–Crippen MR) is 77.8 cm³/mol. The molecule has 2 rings (SSSR count). The van der Waals surface area contributed by atoms with E-state index in [9.17, 15) is 0 Å². The second kappa shape index (κ2) is 6.80. The Kier molecular flexibility index (Phi) is 5.08. The van der Waals surface area contributed by atoms with Gasteiger partial charge in [-0.2, -0.15) is 0 Å². The lowest BCUT2D eigenvalue weighted by Gasteiger charge is -2.16. The maximum absolute atomic E-state index is 5.98. The minimum Gasteiger partial charge on any atom is -0.493 e. The molecule has 0 bridgehead atoms. The Bertz CT molecular complexity index is 400. The average Bonchev–Trinajstić information content (AvgIpc) is 3.21. The fourth-order valence-corrected chi connectivity index (χ4v) is 2.07. The van der Waals surface area contributed by atoms with Gasteiger partial charge in [-0.15, -0.1) is 0 Å². The number of methoxy groups -OCH3 is 1. The van der Waals surface area contributed by atoms with Crippen molar-refractivity contribution in [2.45, 2.75) is 45.7 Å². The Morgan fingerprint density at radius 3 is 2.74 bits per heavy atom. The summed E-state index contributed by atoms with van der Waals surface area (Å²) in [6, 6.07) is 6.55. The van der Waals surface area contributed by atoms with E-state index in [0.717, 1.165) is 37.0 Å². The van der Waals surface area contributed by atoms with Gasteiger partial charge in [-0.25, -0.2) is 0 Å². The topological polar surface area (TPSA) is 30.5 Å². The quantitative estimate of drug-likeness (QED) is 0.780. The largest absolute Gasteiger partial charge is 0.493 e. The Morgan fingerprint density at radius 2 is 2.11 bits per heavy atom. The number of nitrogens with one attached hydrogen (secondary N) is 1. The normalized spacial score (nSPS) is 14.7. The van der Waals surface area contributed by atoms with Crippen LogP contribution in [0.25, 0.3) is 0 Å². The van der Waals surface area contributed by atoms with Crippen molar-refractivity contribution >= 4 is 0 Å². The number of rotatable bonds is 8. The molecule has 3 heteroatoms. The molecule has 3 nitrogen and oxygen atoms in total. The van der Waals surface area contributed by atoms with Crippen molar-refractivity contribution in [1.29, 1.82) is 0 Å². The molecule has 19 heavy (non-hydrogen) atoms. The fourth-order valence-electron chi connectivity index (χ4n) is 2.07. The second-order valence-electron chi connectivity index (χ2n) is 5.56. The molecule has 0 aliphatic heterocycles. The van der Waals surface area contributed by atoms with E-state index in [0.29, 0.717) is 6.04 Å². The molecule has 1 saturated carbocycles. The van der Waals surface area contributed by atoms with Crippen LogP contribution in [0.5, 0.6) is 11.5 Å². The van der Waals surface area contributed by atoms with Gasteiger partial charge in [-0.3, -0.25) is 0 Å². The summed E-state index contributed by atoms with van der Waals surface area (Å²) in [4.78, 5) is 0. The maximum atomic E-state index is 5.98. The fraction of sp³-hybridized carbons (Fsp3) is 0.625. The number of ether oxygens (including phenoxy) is 2. The highest BCUT2D eigenvalue weighted by Gasteiger charge is 2.21. The van der Waals surface area contributed by atoms with E-state index in [4.69, 9.17) is 9.47 Å². The van der Waals surface area contributed by atoms with Crippen LogP contribution in [0, 0.1) is 5.92 Å². The summed E-state index contributed by atoms with van der Waals surface area (Å²) in [5.41, 5.74) is 1.17. The van der Waals surface area contributed by atoms with Gasteiger partial charge in [0.2, 0.25) is 0 Å². The second-order valence-corrected chi connectivity index (χ2v) is 5.56. The molecule has 0 spiro atoms. The molecule has 0 heterocycles. The third-order valence-electron chi connectivity index (χ3n) is 3.45. The van der Waals surface area contributed by atoms with Crippen LogP contribution < -0.4 is 14.8 Å². The van der Waals surface area contributed by atoms with E-state index < -0.39 is 0 Å². The molecule has 0 aromatic heterocycles. The maximum Gasteiger partial charge on any atom is 0.165 e. The summed E-state index contributed by atoms with van der Waals surface area (Å²) in [6.07, 6.45) is 3.91. The molecule has 1 aliphatic carbocycles. The van der Waals surface area contributed by atoms with Crippen molar-refractivity contribution in [3.05, 3.63) is 23.8 Å². The van der Waals surface area contributed by atoms with Gasteiger partial charge in [0.1, 0.15) is 0 Å². The van der Waals surface area contributed by atoms with Crippen LogP contribution in [0.3, 0.4) is 0 Å². The summed E-state index contributed by atoms with van der Waals surface area (Å²) in [5.74, 6) is 2.63. The Hall–Kier alpha value is -1.22. The van der Waals surface area contributed by atoms with Crippen LogP contribution in [-0.2, 0) is 6.54 Å². The molecule has 1 aromatic rings. The highest BCUT2D eigenvalue weighted by molar-refractivity contribution is 5.46. The Labute approximate surface area is 116 Å². The van der Waals surface area contributed by atoms with Crippen molar-refractivity contribution in [1.82, 2.24) is 5.32 Å². The lowest BCUT2D eigenvalue weighted by molar-refractivity contribution is 0.279. The summed E-state index contributed by atoms with van der Waals surface area (Å²) in [5, 5.41) is 3.43. The van der Waals surface area contributed by atoms with Crippen molar-refractivity contribution in [2.24, 2.45) is 5.92 Å². The first-order valence-corrected chi connectivity index (χ1v) is 7.22. The predicted octanol–water partition coefficient (Wildman–Crippen LogP) is 3.37. The van der Waals surface area contributed by atoms with Crippen LogP contribution >= 0.6 is 0 Å². The lowest BCUT2D eigenvalue weighted by atomic mass is 10.1. The zero-order valence-electron chi connectivity index (χ0n) is 12.2. The minimum atomic E-state index is 0.463. The van der Waals surface area contributed by atoms with Crippen molar-refractivity contribution in [2.75, 3.05) is 13.7 Å². The van der Waals surface area contributed by atoms with E-state index in [1.54, 1.807) is 7.11 Å². The standard InChI is InChI=1S/C16H25NO2/c1-12(2)17-11-14-5-4-6-15(18-3)16(14)19-10-9-13-7-8-13/h4-6,12-13,17H,7-11H2,1-3H3. The summed E-state index contributed by atoms with van der Waals surface area (Å²) in [6.45, 7) is 5.90. The molecule has 1 fully saturated rings. The zero-order chi connectivity index (χ0) is 13.7. The van der Waals surface area contributed by atoms with Gasteiger partial charge in [-0.05, 0) is 18.4 Å². The van der Waals surface area contributed by atoms with E-state index >= 15 is 0 Å². The van der Waals surface area contributed by atoms with E-state index in [1.165, 1.54) is 18.4 Å². The third kappa shape index (κ3) is 4.43. The zero-order valence-corrected chi connectivity index (χ0v) is 12.2. The highest BCUT2D eigenvalue weighted by atomic mass is 16.5. The highest BCUT2D eigenvalue weighted by Crippen LogP contribution is 2.34. The first kappa shape index (κ1) is 14.2. The van der Waals surface area contributed by atoms with Crippen molar-refractivity contribution in [3.8, 4) is 11.5 Å². The van der Waals surface area contributed by atoms with Crippen LogP contribution in [0.1, 0.15) is 38.7 Å². The molecule has 106 valence electrons. The van der Waals surface area contributed by atoms with Gasteiger partial charge in [0.25, 0.3) is 0 Å². The summed E-state index contributed by atoms with van der Waals surface area (Å²) >= 11 is 0. The molecular weight excluding hydrogens is 238 g/mol. The monoisotopic (exact) mass is 263 g/mol. The minimum absolute atomic E-state index is 0.463. The molecular formula is C16H25NO2.